The molecule has 96 valence electrons. The zero-order chi connectivity index (χ0) is 13.0. The highest BCUT2D eigenvalue weighted by atomic mass is 16.5. The van der Waals surface area contributed by atoms with Gasteiger partial charge >= 0.3 is 0 Å². The van der Waals surface area contributed by atoms with E-state index in [4.69, 9.17) is 4.74 Å². The molecule has 0 aliphatic rings. The number of ether oxygens (including phenoxy) is 1. The Morgan fingerprint density at radius 3 is 2.72 bits per heavy atom. The van der Waals surface area contributed by atoms with Crippen molar-refractivity contribution in [3.05, 3.63) is 41.5 Å². The molecular formula is C13H18N4O. The number of para-hydroxylation sites is 1. The van der Waals surface area contributed by atoms with Crippen LogP contribution in [0.15, 0.2) is 24.3 Å². The largest absolute Gasteiger partial charge is 0.485 e. The summed E-state index contributed by atoms with van der Waals surface area (Å²) >= 11 is 0. The average molecular weight is 246 g/mol. The summed E-state index contributed by atoms with van der Waals surface area (Å²) in [6, 6.07) is 7.99. The van der Waals surface area contributed by atoms with Gasteiger partial charge in [-0.05, 0) is 20.0 Å². The minimum atomic E-state index is 0.429. The highest BCUT2D eigenvalue weighted by molar-refractivity contribution is 5.33. The number of aryl methyl sites for hydroxylation is 1. The van der Waals surface area contributed by atoms with Crippen LogP contribution < -0.4 is 10.1 Å². The topological polar surface area (TPSA) is 52.0 Å². The quantitative estimate of drug-likeness (QED) is 0.867. The van der Waals surface area contributed by atoms with E-state index < -0.39 is 0 Å². The van der Waals surface area contributed by atoms with Crippen LogP contribution in [-0.4, -0.2) is 21.8 Å². The molecule has 2 aromatic rings. The first kappa shape index (κ1) is 12.6. The highest BCUT2D eigenvalue weighted by Crippen LogP contribution is 2.18. The number of hydrogen-bond acceptors (Lipinski definition) is 4. The third-order valence-corrected chi connectivity index (χ3v) is 2.88. The molecule has 0 fully saturated rings. The van der Waals surface area contributed by atoms with Gasteiger partial charge < -0.3 is 14.6 Å². The van der Waals surface area contributed by atoms with Crippen molar-refractivity contribution in [3.8, 4) is 5.75 Å². The van der Waals surface area contributed by atoms with Gasteiger partial charge in [-0.15, -0.1) is 10.2 Å². The average Bonchev–Trinajstić information content (AvgIpc) is 2.70. The molecular weight excluding hydrogens is 228 g/mol. The molecule has 0 spiro atoms. The zero-order valence-electron chi connectivity index (χ0n) is 11.0. The van der Waals surface area contributed by atoms with Crippen LogP contribution in [0.4, 0.5) is 0 Å². The van der Waals surface area contributed by atoms with Crippen molar-refractivity contribution in [1.82, 2.24) is 20.1 Å². The third-order valence-electron chi connectivity index (χ3n) is 2.88. The van der Waals surface area contributed by atoms with Gasteiger partial charge in [0.1, 0.15) is 18.2 Å². The smallest absolute Gasteiger partial charge is 0.170 e. The summed E-state index contributed by atoms with van der Waals surface area (Å²) in [5.41, 5.74) is 1.14. The molecule has 0 bridgehead atoms. The van der Waals surface area contributed by atoms with Crippen LogP contribution in [0.5, 0.6) is 5.75 Å². The fraction of sp³-hybridized carbons (Fsp3) is 0.385. The molecule has 1 heterocycles. The predicted octanol–water partition coefficient (Wildman–Crippen LogP) is 1.42. The minimum Gasteiger partial charge on any atom is -0.485 e. The fourth-order valence-electron chi connectivity index (χ4n) is 1.70. The van der Waals surface area contributed by atoms with E-state index in [-0.39, 0.29) is 0 Å². The van der Waals surface area contributed by atoms with Crippen molar-refractivity contribution in [2.24, 2.45) is 7.05 Å². The molecule has 1 aromatic carbocycles. The van der Waals surface area contributed by atoms with E-state index in [9.17, 15) is 0 Å². The number of benzene rings is 1. The van der Waals surface area contributed by atoms with Gasteiger partial charge in [-0.1, -0.05) is 18.2 Å². The fourth-order valence-corrected chi connectivity index (χ4v) is 1.70. The van der Waals surface area contributed by atoms with Crippen molar-refractivity contribution >= 4 is 0 Å². The van der Waals surface area contributed by atoms with Crippen LogP contribution >= 0.6 is 0 Å². The summed E-state index contributed by atoms with van der Waals surface area (Å²) in [5.74, 6) is 2.59. The van der Waals surface area contributed by atoms with Gasteiger partial charge in [-0.3, -0.25) is 0 Å². The Balaban J connectivity index is 2.08. The lowest BCUT2D eigenvalue weighted by Gasteiger charge is -2.10. The van der Waals surface area contributed by atoms with E-state index in [1.54, 1.807) is 0 Å². The van der Waals surface area contributed by atoms with Crippen molar-refractivity contribution < 1.29 is 4.74 Å². The molecule has 0 saturated heterocycles. The van der Waals surface area contributed by atoms with E-state index in [0.717, 1.165) is 29.5 Å². The number of rotatable bonds is 5. The van der Waals surface area contributed by atoms with Gasteiger partial charge in [0.2, 0.25) is 0 Å². The summed E-state index contributed by atoms with van der Waals surface area (Å²) in [6.07, 6.45) is 0. The lowest BCUT2D eigenvalue weighted by molar-refractivity contribution is 0.287. The normalized spacial score (nSPS) is 10.6. The van der Waals surface area contributed by atoms with E-state index in [2.05, 4.69) is 15.5 Å². The Kier molecular flexibility index (Phi) is 3.94. The maximum atomic E-state index is 5.81. The van der Waals surface area contributed by atoms with Crippen molar-refractivity contribution in [2.75, 3.05) is 7.05 Å². The molecule has 0 aliphatic carbocycles. The zero-order valence-corrected chi connectivity index (χ0v) is 11.0. The minimum absolute atomic E-state index is 0.429. The first-order valence-corrected chi connectivity index (χ1v) is 5.92. The summed E-state index contributed by atoms with van der Waals surface area (Å²) in [4.78, 5) is 0. The number of aromatic nitrogens is 3. The maximum absolute atomic E-state index is 5.81. The Hall–Kier alpha value is -1.88. The standard InChI is InChI=1S/C13H18N4O/c1-10-15-16-13(17(10)3)9-18-12-7-5-4-6-11(12)8-14-2/h4-7,14H,8-9H2,1-3H3. The summed E-state index contributed by atoms with van der Waals surface area (Å²) in [5, 5.41) is 11.2. The Bertz CT molecular complexity index is 521. The van der Waals surface area contributed by atoms with Gasteiger partial charge in [0.15, 0.2) is 5.82 Å². The van der Waals surface area contributed by atoms with Crippen LogP contribution in [0.3, 0.4) is 0 Å². The number of nitrogens with one attached hydrogen (secondary N) is 1. The van der Waals surface area contributed by atoms with Gasteiger partial charge in [-0.2, -0.15) is 0 Å². The van der Waals surface area contributed by atoms with Gasteiger partial charge in [0.05, 0.1) is 0 Å². The van der Waals surface area contributed by atoms with Crippen molar-refractivity contribution in [3.63, 3.8) is 0 Å². The molecule has 1 aromatic heterocycles. The second-order valence-corrected chi connectivity index (χ2v) is 4.15. The molecule has 0 amide bonds. The highest BCUT2D eigenvalue weighted by Gasteiger charge is 2.07. The Morgan fingerprint density at radius 1 is 1.28 bits per heavy atom. The molecule has 2 rings (SSSR count). The van der Waals surface area contributed by atoms with Crippen molar-refractivity contribution in [2.45, 2.75) is 20.1 Å². The maximum Gasteiger partial charge on any atom is 0.170 e. The summed E-state index contributed by atoms with van der Waals surface area (Å²) < 4.78 is 7.74. The predicted molar refractivity (Wildman–Crippen MR) is 69.3 cm³/mol. The van der Waals surface area contributed by atoms with Gasteiger partial charge in [0, 0.05) is 19.2 Å². The molecule has 0 atom stereocenters. The SMILES string of the molecule is CNCc1ccccc1OCc1nnc(C)n1C. The lowest BCUT2D eigenvalue weighted by atomic mass is 10.2. The second-order valence-electron chi connectivity index (χ2n) is 4.15. The number of hydrogen-bond donors (Lipinski definition) is 1. The molecule has 0 unspecified atom stereocenters. The van der Waals surface area contributed by atoms with E-state index in [1.807, 2.05) is 49.9 Å². The molecule has 0 saturated carbocycles. The van der Waals surface area contributed by atoms with E-state index in [1.165, 1.54) is 0 Å². The Labute approximate surface area is 107 Å². The lowest BCUT2D eigenvalue weighted by Crippen LogP contribution is -2.09. The van der Waals surface area contributed by atoms with Crippen LogP contribution in [0.25, 0.3) is 0 Å². The molecule has 5 heteroatoms. The van der Waals surface area contributed by atoms with E-state index in [0.29, 0.717) is 6.61 Å². The van der Waals surface area contributed by atoms with E-state index >= 15 is 0 Å². The Morgan fingerprint density at radius 2 is 2.06 bits per heavy atom. The summed E-state index contributed by atoms with van der Waals surface area (Å²) in [7, 11) is 3.86. The van der Waals surface area contributed by atoms with Crippen LogP contribution in [0.2, 0.25) is 0 Å². The second kappa shape index (κ2) is 5.64. The molecule has 18 heavy (non-hydrogen) atoms. The van der Waals surface area contributed by atoms with Crippen LogP contribution in [-0.2, 0) is 20.2 Å². The first-order chi connectivity index (χ1) is 8.72. The van der Waals surface area contributed by atoms with Gasteiger partial charge in [-0.25, -0.2) is 0 Å². The molecule has 0 aliphatic heterocycles. The van der Waals surface area contributed by atoms with Gasteiger partial charge in [0.25, 0.3) is 0 Å². The van der Waals surface area contributed by atoms with Crippen LogP contribution in [0.1, 0.15) is 17.2 Å². The molecule has 5 nitrogen and oxygen atoms in total. The van der Waals surface area contributed by atoms with Crippen LogP contribution in [0, 0.1) is 6.92 Å². The number of nitrogens with zero attached hydrogens (tertiary/aromatic N) is 3. The first-order valence-electron chi connectivity index (χ1n) is 5.92. The van der Waals surface area contributed by atoms with Crippen molar-refractivity contribution in [1.29, 1.82) is 0 Å². The summed E-state index contributed by atoms with van der Waals surface area (Å²) in [6.45, 7) is 3.14. The third kappa shape index (κ3) is 2.68. The molecule has 1 N–H and O–H groups in total. The molecule has 0 radical (unpaired) electrons. The monoisotopic (exact) mass is 246 g/mol.